The summed E-state index contributed by atoms with van der Waals surface area (Å²) in [6, 6.07) is 0. The van der Waals surface area contributed by atoms with Gasteiger partial charge in [0.15, 0.2) is 0 Å². The third-order valence-electron chi connectivity index (χ3n) is 1.71. The van der Waals surface area contributed by atoms with Crippen molar-refractivity contribution in [3.63, 3.8) is 0 Å². The zero-order chi connectivity index (χ0) is 11.0. The first kappa shape index (κ1) is 13.2. The summed E-state index contributed by atoms with van der Waals surface area (Å²) in [4.78, 5) is 11.0. The van der Waals surface area contributed by atoms with Crippen molar-refractivity contribution >= 4 is 6.09 Å². The van der Waals surface area contributed by atoms with Crippen molar-refractivity contribution in [2.24, 2.45) is 5.92 Å². The van der Waals surface area contributed by atoms with Crippen LogP contribution in [0.5, 0.6) is 0 Å². The second-order valence-electron chi connectivity index (χ2n) is 3.78. The molecule has 4 heteroatoms. The minimum atomic E-state index is -0.802. The quantitative estimate of drug-likeness (QED) is 0.512. The summed E-state index contributed by atoms with van der Waals surface area (Å²) in [5.41, 5.74) is 0. The lowest BCUT2D eigenvalue weighted by molar-refractivity contribution is 0.0865. The Kier molecular flexibility index (Phi) is 7.20. The molecule has 1 atom stereocenters. The molecule has 1 amide bonds. The van der Waals surface area contributed by atoms with Crippen LogP contribution < -0.4 is 5.32 Å². The molecule has 0 fully saturated rings. The van der Waals surface area contributed by atoms with Crippen LogP contribution in [-0.4, -0.2) is 24.0 Å². The highest BCUT2D eigenvalue weighted by Gasteiger charge is 2.10. The summed E-state index contributed by atoms with van der Waals surface area (Å²) in [6.07, 6.45) is 1.05. The molecule has 0 saturated carbocycles. The van der Waals surface area contributed by atoms with Gasteiger partial charge in [-0.2, -0.15) is 0 Å². The van der Waals surface area contributed by atoms with Gasteiger partial charge in [-0.15, -0.1) is 0 Å². The number of amides is 1. The van der Waals surface area contributed by atoms with Crippen molar-refractivity contribution in [2.75, 3.05) is 6.61 Å². The van der Waals surface area contributed by atoms with E-state index in [0.717, 1.165) is 12.8 Å². The number of aliphatic hydroxyl groups is 1. The van der Waals surface area contributed by atoms with Crippen LogP contribution in [0.1, 0.15) is 40.0 Å². The lowest BCUT2D eigenvalue weighted by atomic mass is 10.1. The van der Waals surface area contributed by atoms with Crippen molar-refractivity contribution < 1.29 is 14.6 Å². The number of hydrogen-bond acceptors (Lipinski definition) is 3. The Balaban J connectivity index is 3.50. The number of unbranched alkanes of at least 4 members (excludes halogenated alkanes) is 1. The molecular formula is C10H21NO3. The molecule has 84 valence electrons. The minimum absolute atomic E-state index is 0.348. The van der Waals surface area contributed by atoms with Gasteiger partial charge < -0.3 is 9.84 Å². The van der Waals surface area contributed by atoms with E-state index in [0.29, 0.717) is 18.9 Å². The fourth-order valence-corrected chi connectivity index (χ4v) is 0.992. The van der Waals surface area contributed by atoms with Gasteiger partial charge in [-0.1, -0.05) is 27.2 Å². The van der Waals surface area contributed by atoms with Gasteiger partial charge in [0.25, 0.3) is 0 Å². The molecule has 0 aromatic heterocycles. The van der Waals surface area contributed by atoms with E-state index >= 15 is 0 Å². The lowest BCUT2D eigenvalue weighted by Crippen LogP contribution is -2.36. The summed E-state index contributed by atoms with van der Waals surface area (Å²) in [6.45, 7) is 6.40. The van der Waals surface area contributed by atoms with E-state index in [1.165, 1.54) is 0 Å². The Hall–Kier alpha value is -0.770. The van der Waals surface area contributed by atoms with Gasteiger partial charge in [-0.3, -0.25) is 5.32 Å². The van der Waals surface area contributed by atoms with E-state index < -0.39 is 12.3 Å². The molecule has 1 unspecified atom stereocenters. The largest absolute Gasteiger partial charge is 0.450 e. The molecule has 0 spiro atoms. The lowest BCUT2D eigenvalue weighted by Gasteiger charge is -2.14. The molecule has 4 nitrogen and oxygen atoms in total. The van der Waals surface area contributed by atoms with Gasteiger partial charge in [0, 0.05) is 0 Å². The topological polar surface area (TPSA) is 58.6 Å². The molecule has 2 N–H and O–H groups in total. The van der Waals surface area contributed by atoms with Crippen LogP contribution in [-0.2, 0) is 4.74 Å². The average Bonchev–Trinajstić information content (AvgIpc) is 2.02. The molecule has 0 heterocycles. The maximum atomic E-state index is 11.0. The van der Waals surface area contributed by atoms with Crippen LogP contribution in [0, 0.1) is 5.92 Å². The number of aliphatic hydroxyl groups excluding tert-OH is 1. The maximum Gasteiger partial charge on any atom is 0.409 e. The molecular weight excluding hydrogens is 182 g/mol. The Morgan fingerprint density at radius 3 is 2.64 bits per heavy atom. The molecule has 0 aliphatic rings. The number of rotatable bonds is 6. The van der Waals surface area contributed by atoms with Crippen molar-refractivity contribution in [1.82, 2.24) is 5.32 Å². The SMILES string of the molecule is CCCCOC(=O)NC(O)CC(C)C. The first-order valence-corrected chi connectivity index (χ1v) is 5.17. The molecule has 0 aliphatic heterocycles. The molecule has 0 aliphatic carbocycles. The Morgan fingerprint density at radius 1 is 1.50 bits per heavy atom. The van der Waals surface area contributed by atoms with Gasteiger partial charge in [0.1, 0.15) is 6.23 Å². The molecule has 0 rings (SSSR count). The van der Waals surface area contributed by atoms with E-state index in [9.17, 15) is 9.90 Å². The monoisotopic (exact) mass is 203 g/mol. The number of ether oxygens (including phenoxy) is 1. The molecule has 0 aromatic rings. The third kappa shape index (κ3) is 7.86. The Labute approximate surface area is 85.6 Å². The van der Waals surface area contributed by atoms with Gasteiger partial charge in [-0.05, 0) is 18.8 Å². The average molecular weight is 203 g/mol. The molecule has 0 radical (unpaired) electrons. The molecule has 14 heavy (non-hydrogen) atoms. The summed E-state index contributed by atoms with van der Waals surface area (Å²) in [7, 11) is 0. The predicted octanol–water partition coefficient (Wildman–Crippen LogP) is 1.88. The maximum absolute atomic E-state index is 11.0. The molecule has 0 aromatic carbocycles. The van der Waals surface area contributed by atoms with Crippen LogP contribution in [0.2, 0.25) is 0 Å². The van der Waals surface area contributed by atoms with Crippen molar-refractivity contribution in [2.45, 2.75) is 46.3 Å². The normalized spacial score (nSPS) is 12.6. The summed E-state index contributed by atoms with van der Waals surface area (Å²) in [5.74, 6) is 0.348. The summed E-state index contributed by atoms with van der Waals surface area (Å²) >= 11 is 0. The van der Waals surface area contributed by atoms with Gasteiger partial charge in [0.05, 0.1) is 6.61 Å². The van der Waals surface area contributed by atoms with Crippen molar-refractivity contribution in [3.8, 4) is 0 Å². The molecule has 0 bridgehead atoms. The number of nitrogens with one attached hydrogen (secondary N) is 1. The van der Waals surface area contributed by atoms with Gasteiger partial charge >= 0.3 is 6.09 Å². The van der Waals surface area contributed by atoms with E-state index in [1.54, 1.807) is 0 Å². The highest BCUT2D eigenvalue weighted by Crippen LogP contribution is 2.02. The van der Waals surface area contributed by atoms with E-state index in [-0.39, 0.29) is 0 Å². The predicted molar refractivity (Wildman–Crippen MR) is 54.9 cm³/mol. The second kappa shape index (κ2) is 7.62. The summed E-state index contributed by atoms with van der Waals surface area (Å²) < 4.78 is 4.82. The van der Waals surface area contributed by atoms with Crippen molar-refractivity contribution in [3.05, 3.63) is 0 Å². The smallest absolute Gasteiger partial charge is 0.409 e. The van der Waals surface area contributed by atoms with Crippen LogP contribution in [0.4, 0.5) is 4.79 Å². The fourth-order valence-electron chi connectivity index (χ4n) is 0.992. The zero-order valence-corrected chi connectivity index (χ0v) is 9.25. The standard InChI is InChI=1S/C10H21NO3/c1-4-5-6-14-10(13)11-9(12)7-8(2)3/h8-9,12H,4-7H2,1-3H3,(H,11,13). The van der Waals surface area contributed by atoms with Crippen LogP contribution in [0.25, 0.3) is 0 Å². The van der Waals surface area contributed by atoms with Gasteiger partial charge in [0.2, 0.25) is 0 Å². The Bertz CT molecular complexity index is 159. The first-order chi connectivity index (χ1) is 6.56. The second-order valence-corrected chi connectivity index (χ2v) is 3.78. The number of carbonyl (C=O) groups excluding carboxylic acids is 1. The van der Waals surface area contributed by atoms with E-state index in [4.69, 9.17) is 4.74 Å². The van der Waals surface area contributed by atoms with Gasteiger partial charge in [-0.25, -0.2) is 4.79 Å². The van der Waals surface area contributed by atoms with E-state index in [2.05, 4.69) is 5.32 Å². The van der Waals surface area contributed by atoms with Crippen LogP contribution >= 0.6 is 0 Å². The van der Waals surface area contributed by atoms with Crippen LogP contribution in [0.3, 0.4) is 0 Å². The first-order valence-electron chi connectivity index (χ1n) is 5.17. The number of alkyl carbamates (subject to hydrolysis) is 1. The highest BCUT2D eigenvalue weighted by molar-refractivity contribution is 5.67. The zero-order valence-electron chi connectivity index (χ0n) is 9.25. The van der Waals surface area contributed by atoms with E-state index in [1.807, 2.05) is 20.8 Å². The highest BCUT2D eigenvalue weighted by atomic mass is 16.5. The van der Waals surface area contributed by atoms with Crippen LogP contribution in [0.15, 0.2) is 0 Å². The fraction of sp³-hybridized carbons (Fsp3) is 0.900. The number of hydrogen-bond donors (Lipinski definition) is 2. The minimum Gasteiger partial charge on any atom is -0.450 e. The molecule has 0 saturated heterocycles. The summed E-state index contributed by atoms with van der Waals surface area (Å²) in [5, 5.41) is 11.7. The van der Waals surface area contributed by atoms with Crippen molar-refractivity contribution in [1.29, 1.82) is 0 Å². The number of carbonyl (C=O) groups is 1. The third-order valence-corrected chi connectivity index (χ3v) is 1.71. The Morgan fingerprint density at radius 2 is 2.14 bits per heavy atom.